The largest absolute Gasteiger partial charge is 0.508 e. The molecule has 2 unspecified atom stereocenters. The van der Waals surface area contributed by atoms with Crippen LogP contribution in [0.5, 0.6) is 5.75 Å². The predicted octanol–water partition coefficient (Wildman–Crippen LogP) is 6.62. The van der Waals surface area contributed by atoms with Gasteiger partial charge in [0.1, 0.15) is 17.6 Å². The van der Waals surface area contributed by atoms with E-state index in [2.05, 4.69) is 25.1 Å². The first-order valence-corrected chi connectivity index (χ1v) is 12.4. The molecular weight excluding hydrogens is 429 g/mol. The molecule has 2 fully saturated rings. The summed E-state index contributed by atoms with van der Waals surface area (Å²) in [6.07, 6.45) is 5.35. The molecule has 3 aliphatic carbocycles. The number of Topliss-reactive ketones (excluding diaryl/α,β-unsaturated/α-hetero) is 1. The molecule has 2 saturated carbocycles. The van der Waals surface area contributed by atoms with Crippen LogP contribution in [0, 0.1) is 16.7 Å². The van der Waals surface area contributed by atoms with Gasteiger partial charge in [-0.3, -0.25) is 4.79 Å². The van der Waals surface area contributed by atoms with Crippen LogP contribution in [-0.2, 0) is 11.2 Å². The number of carbonyl (C=O) groups is 1. The molecule has 5 atom stereocenters. The molecule has 6 heteroatoms. The van der Waals surface area contributed by atoms with Gasteiger partial charge in [0, 0.05) is 11.8 Å². The Morgan fingerprint density at radius 2 is 1.94 bits per heavy atom. The number of aromatic hydroxyl groups is 1. The fourth-order valence-electron chi connectivity index (χ4n) is 7.06. The first kappa shape index (κ1) is 24.3. The van der Waals surface area contributed by atoms with Crippen LogP contribution in [0.25, 0.3) is 0 Å². The van der Waals surface area contributed by atoms with Gasteiger partial charge in [-0.05, 0) is 91.9 Å². The lowest BCUT2D eigenvalue weighted by atomic mass is 9.47. The van der Waals surface area contributed by atoms with Crippen LogP contribution >= 0.6 is 0 Å². The maximum atomic E-state index is 12.9. The number of ketones is 1. The first-order valence-electron chi connectivity index (χ1n) is 12.4. The summed E-state index contributed by atoms with van der Waals surface area (Å²) in [7, 11) is 0. The van der Waals surface area contributed by atoms with Crippen molar-refractivity contribution in [2.24, 2.45) is 16.7 Å². The van der Waals surface area contributed by atoms with Gasteiger partial charge < -0.3 is 10.2 Å². The fraction of sp³-hybridized carbons (Fsp3) is 0.667. The molecule has 1 aromatic rings. The molecule has 0 aromatic heterocycles. The summed E-state index contributed by atoms with van der Waals surface area (Å²) in [5, 5.41) is 19.1. The summed E-state index contributed by atoms with van der Waals surface area (Å²) in [5.74, 6) is 1.31. The number of halogens is 3. The van der Waals surface area contributed by atoms with E-state index in [0.717, 1.165) is 44.9 Å². The molecule has 3 aliphatic rings. The number of alkyl halides is 3. The number of phenolic OH excluding ortho intramolecular Hbond substituents is 1. The number of carbonyl (C=O) groups excluding carboxylic acids is 1. The van der Waals surface area contributed by atoms with Gasteiger partial charge in [-0.1, -0.05) is 38.0 Å². The number of unbranched alkanes of at least 4 members (excludes halogenated alkanes) is 3. The lowest BCUT2D eigenvalue weighted by molar-refractivity contribution is -0.205. The van der Waals surface area contributed by atoms with Gasteiger partial charge in [-0.15, -0.1) is 0 Å². The lowest BCUT2D eigenvalue weighted by Crippen LogP contribution is -2.49. The van der Waals surface area contributed by atoms with Crippen LogP contribution in [0.15, 0.2) is 30.4 Å². The third-order valence-corrected chi connectivity index (χ3v) is 8.80. The summed E-state index contributed by atoms with van der Waals surface area (Å²) in [6, 6.07) is 5.70. The number of benzene rings is 1. The number of phenols is 1. The second kappa shape index (κ2) is 9.09. The summed E-state index contributed by atoms with van der Waals surface area (Å²) in [4.78, 5) is 12.9. The monoisotopic (exact) mass is 464 g/mol. The van der Waals surface area contributed by atoms with Gasteiger partial charge in [-0.25, -0.2) is 0 Å². The maximum absolute atomic E-state index is 12.9. The Morgan fingerprint density at radius 1 is 1.15 bits per heavy atom. The summed E-state index contributed by atoms with van der Waals surface area (Å²) < 4.78 is 37.3. The number of aryl methyl sites for hydroxylation is 1. The minimum atomic E-state index is -4.53. The predicted molar refractivity (Wildman–Crippen MR) is 121 cm³/mol. The highest BCUT2D eigenvalue weighted by molar-refractivity contribution is 5.87. The SMILES string of the molecule is C[C@]12CC[C@@H]3c4ccc(O)cc4CCC3(C=CCCCCCC(O)C(F)(F)F)[C@@H]1CCC2=O. The van der Waals surface area contributed by atoms with E-state index >= 15 is 0 Å². The summed E-state index contributed by atoms with van der Waals surface area (Å²) >= 11 is 0. The molecule has 0 amide bonds. The zero-order chi connectivity index (χ0) is 23.9. The van der Waals surface area contributed by atoms with E-state index in [0.29, 0.717) is 42.6 Å². The van der Waals surface area contributed by atoms with Gasteiger partial charge in [0.05, 0.1) is 0 Å². The standard InChI is InChI=1S/C27H35F3O3/c1-25-15-13-21-20-9-8-19(31)17-18(20)12-16-26(21,22(25)10-11-23(25)32)14-6-4-2-3-5-7-24(33)27(28,29)30/h6,8-9,14,17,21-22,24,31,33H,2-5,7,10-13,15-16H2,1H3/t21-,22-,24?,25+,26?/m1/s1. The van der Waals surface area contributed by atoms with Crippen molar-refractivity contribution in [2.75, 3.05) is 0 Å². The highest BCUT2D eigenvalue weighted by atomic mass is 19.4. The highest BCUT2D eigenvalue weighted by Gasteiger charge is 2.61. The number of aliphatic hydroxyl groups excluding tert-OH is 1. The molecule has 182 valence electrons. The smallest absolute Gasteiger partial charge is 0.414 e. The van der Waals surface area contributed by atoms with Crippen LogP contribution in [0.1, 0.15) is 88.2 Å². The first-order chi connectivity index (χ1) is 15.6. The van der Waals surface area contributed by atoms with Crippen molar-refractivity contribution < 1.29 is 28.2 Å². The van der Waals surface area contributed by atoms with Gasteiger partial charge in [0.2, 0.25) is 0 Å². The quantitative estimate of drug-likeness (QED) is 0.352. The van der Waals surface area contributed by atoms with E-state index in [9.17, 15) is 23.1 Å². The van der Waals surface area contributed by atoms with Crippen LogP contribution in [0.2, 0.25) is 0 Å². The molecule has 0 bridgehead atoms. The van der Waals surface area contributed by atoms with Crippen molar-refractivity contribution >= 4 is 5.78 Å². The van der Waals surface area contributed by atoms with E-state index < -0.39 is 12.3 Å². The average molecular weight is 465 g/mol. The Bertz CT molecular complexity index is 908. The van der Waals surface area contributed by atoms with Crippen molar-refractivity contribution in [3.05, 3.63) is 41.5 Å². The molecule has 33 heavy (non-hydrogen) atoms. The molecule has 0 radical (unpaired) electrons. The van der Waals surface area contributed by atoms with Gasteiger partial charge >= 0.3 is 6.18 Å². The van der Waals surface area contributed by atoms with Gasteiger partial charge in [-0.2, -0.15) is 13.2 Å². The molecular formula is C27H35F3O3. The fourth-order valence-corrected chi connectivity index (χ4v) is 7.06. The van der Waals surface area contributed by atoms with Crippen molar-refractivity contribution in [3.63, 3.8) is 0 Å². The number of hydrogen-bond donors (Lipinski definition) is 2. The van der Waals surface area contributed by atoms with Crippen molar-refractivity contribution in [2.45, 2.75) is 95.8 Å². The zero-order valence-corrected chi connectivity index (χ0v) is 19.3. The van der Waals surface area contributed by atoms with Crippen molar-refractivity contribution in [1.82, 2.24) is 0 Å². The topological polar surface area (TPSA) is 57.5 Å². The van der Waals surface area contributed by atoms with Crippen LogP contribution in [0.3, 0.4) is 0 Å². The molecule has 0 heterocycles. The summed E-state index contributed by atoms with van der Waals surface area (Å²) in [6.45, 7) is 2.15. The van der Waals surface area contributed by atoms with E-state index in [-0.39, 0.29) is 17.3 Å². The lowest BCUT2D eigenvalue weighted by Gasteiger charge is -2.56. The molecule has 1 aromatic carbocycles. The van der Waals surface area contributed by atoms with Crippen LogP contribution in [-0.4, -0.2) is 28.3 Å². The number of rotatable bonds is 7. The van der Waals surface area contributed by atoms with Gasteiger partial charge in [0.15, 0.2) is 0 Å². The minimum Gasteiger partial charge on any atom is -0.508 e. The molecule has 0 aliphatic heterocycles. The Morgan fingerprint density at radius 3 is 2.70 bits per heavy atom. The van der Waals surface area contributed by atoms with E-state index in [1.165, 1.54) is 11.1 Å². The second-order valence-corrected chi connectivity index (χ2v) is 10.6. The molecule has 0 saturated heterocycles. The average Bonchev–Trinajstić information content (AvgIpc) is 3.07. The Balaban J connectivity index is 1.48. The number of hydrogen-bond acceptors (Lipinski definition) is 3. The normalized spacial score (nSPS) is 32.5. The van der Waals surface area contributed by atoms with Crippen LogP contribution < -0.4 is 0 Å². The zero-order valence-electron chi connectivity index (χ0n) is 19.3. The molecule has 2 N–H and O–H groups in total. The Labute approximate surface area is 194 Å². The van der Waals surface area contributed by atoms with Crippen molar-refractivity contribution in [3.8, 4) is 5.75 Å². The third-order valence-electron chi connectivity index (χ3n) is 8.80. The molecule has 4 rings (SSSR count). The van der Waals surface area contributed by atoms with E-state index in [1.54, 1.807) is 6.07 Å². The molecule has 3 nitrogen and oxygen atoms in total. The second-order valence-electron chi connectivity index (χ2n) is 10.6. The number of fused-ring (bicyclic) bond motifs is 5. The van der Waals surface area contributed by atoms with Gasteiger partial charge in [0.25, 0.3) is 0 Å². The van der Waals surface area contributed by atoms with Crippen molar-refractivity contribution in [1.29, 1.82) is 0 Å². The molecule has 0 spiro atoms. The third kappa shape index (κ3) is 4.48. The van der Waals surface area contributed by atoms with Crippen LogP contribution in [0.4, 0.5) is 13.2 Å². The van der Waals surface area contributed by atoms with E-state index in [4.69, 9.17) is 5.11 Å². The Kier molecular flexibility index (Phi) is 6.69. The maximum Gasteiger partial charge on any atom is 0.414 e. The number of allylic oxidation sites excluding steroid dienone is 2. The Hall–Kier alpha value is -1.82. The highest BCUT2D eigenvalue weighted by Crippen LogP contribution is 2.66. The minimum absolute atomic E-state index is 0.0877. The number of aliphatic hydroxyl groups is 1. The van der Waals surface area contributed by atoms with E-state index in [1.807, 2.05) is 6.07 Å². The summed E-state index contributed by atoms with van der Waals surface area (Å²) in [5.41, 5.74) is 2.14.